The summed E-state index contributed by atoms with van der Waals surface area (Å²) in [6, 6.07) is 8.52. The van der Waals surface area contributed by atoms with Crippen molar-refractivity contribution < 1.29 is 19.1 Å². The highest BCUT2D eigenvalue weighted by molar-refractivity contribution is 6.05. The number of carbonyl (C=O) groups is 2. The molecule has 0 radical (unpaired) electrons. The summed E-state index contributed by atoms with van der Waals surface area (Å²) in [7, 11) is 1.50. The number of nitrogen functional groups attached to an aromatic ring is 1. The van der Waals surface area contributed by atoms with E-state index in [0.717, 1.165) is 19.4 Å². The minimum absolute atomic E-state index is 0.00883. The van der Waals surface area contributed by atoms with Gasteiger partial charge >= 0.3 is 0 Å². The van der Waals surface area contributed by atoms with Crippen LogP contribution in [0.25, 0.3) is 0 Å². The number of anilines is 3. The van der Waals surface area contributed by atoms with E-state index in [9.17, 15) is 9.59 Å². The van der Waals surface area contributed by atoms with Crippen LogP contribution >= 0.6 is 0 Å². The van der Waals surface area contributed by atoms with Crippen molar-refractivity contribution in [2.45, 2.75) is 19.8 Å². The number of aliphatic imine (C=N–C) groups is 1. The van der Waals surface area contributed by atoms with Gasteiger partial charge in [-0.05, 0) is 24.6 Å². The monoisotopic (exact) mass is 468 g/mol. The van der Waals surface area contributed by atoms with Crippen LogP contribution in [-0.2, 0) is 9.53 Å². The van der Waals surface area contributed by atoms with E-state index in [1.807, 2.05) is 6.07 Å². The van der Waals surface area contributed by atoms with E-state index in [0.29, 0.717) is 54.8 Å². The van der Waals surface area contributed by atoms with E-state index in [1.165, 1.54) is 13.3 Å². The van der Waals surface area contributed by atoms with Crippen LogP contribution in [0.1, 0.15) is 35.8 Å². The second kappa shape index (κ2) is 12.5. The summed E-state index contributed by atoms with van der Waals surface area (Å²) in [5.41, 5.74) is 7.80. The molecular weight excluding hydrogens is 436 g/mol. The summed E-state index contributed by atoms with van der Waals surface area (Å²) < 4.78 is 10.6. The third-order valence-electron chi connectivity index (χ3n) is 5.29. The average molecular weight is 469 g/mol. The minimum Gasteiger partial charge on any atom is -0.494 e. The Morgan fingerprint density at radius 1 is 1.29 bits per heavy atom. The molecule has 34 heavy (non-hydrogen) atoms. The Balaban J connectivity index is 1.70. The van der Waals surface area contributed by atoms with Crippen molar-refractivity contribution in [1.82, 2.24) is 9.88 Å². The van der Waals surface area contributed by atoms with E-state index >= 15 is 0 Å². The molecule has 0 spiro atoms. The Kier molecular flexibility index (Phi) is 9.21. The van der Waals surface area contributed by atoms with Crippen LogP contribution in [-0.4, -0.2) is 74.4 Å². The van der Waals surface area contributed by atoms with Crippen molar-refractivity contribution in [3.05, 3.63) is 41.6 Å². The molecule has 10 nitrogen and oxygen atoms in total. The fraction of sp³-hybridized carbons (Fsp3) is 0.417. The summed E-state index contributed by atoms with van der Waals surface area (Å²) >= 11 is 0. The lowest BCUT2D eigenvalue weighted by molar-refractivity contribution is -0.133. The average Bonchev–Trinajstić information content (AvgIpc) is 2.86. The highest BCUT2D eigenvalue weighted by Crippen LogP contribution is 2.30. The molecule has 2 amide bonds. The molecule has 0 saturated carbocycles. The number of pyridine rings is 1. The molecule has 1 saturated heterocycles. The SMILES string of the molecule is CCCCNc1cccc(C(=O)Nc2cc(C=NCC(=O)N3CCOCC3)c(N)cc2OC)n1. The van der Waals surface area contributed by atoms with E-state index in [2.05, 4.69) is 27.5 Å². The molecule has 0 aliphatic carbocycles. The molecule has 1 aromatic carbocycles. The summed E-state index contributed by atoms with van der Waals surface area (Å²) in [5, 5.41) is 6.04. The predicted molar refractivity (Wildman–Crippen MR) is 133 cm³/mol. The molecule has 1 fully saturated rings. The molecule has 4 N–H and O–H groups in total. The van der Waals surface area contributed by atoms with Gasteiger partial charge in [0.1, 0.15) is 23.8 Å². The van der Waals surface area contributed by atoms with Gasteiger partial charge in [0, 0.05) is 43.2 Å². The highest BCUT2D eigenvalue weighted by atomic mass is 16.5. The quantitative estimate of drug-likeness (QED) is 0.277. The van der Waals surface area contributed by atoms with Gasteiger partial charge in [0.25, 0.3) is 5.91 Å². The Labute approximate surface area is 199 Å². The number of nitrogens with two attached hydrogens (primary N) is 1. The zero-order valence-corrected chi connectivity index (χ0v) is 19.7. The minimum atomic E-state index is -0.382. The van der Waals surface area contributed by atoms with Crippen molar-refractivity contribution in [3.63, 3.8) is 0 Å². The molecule has 0 bridgehead atoms. The number of carbonyl (C=O) groups excluding carboxylic acids is 2. The Hall–Kier alpha value is -3.66. The zero-order valence-electron chi connectivity index (χ0n) is 19.7. The molecule has 2 aromatic rings. The number of hydrogen-bond acceptors (Lipinski definition) is 8. The number of unbranched alkanes of at least 4 members (excludes halogenated alkanes) is 1. The molecule has 3 rings (SSSR count). The lowest BCUT2D eigenvalue weighted by Crippen LogP contribution is -2.41. The highest BCUT2D eigenvalue weighted by Gasteiger charge is 2.16. The van der Waals surface area contributed by atoms with Gasteiger partial charge in [-0.3, -0.25) is 14.6 Å². The first-order valence-electron chi connectivity index (χ1n) is 11.4. The van der Waals surface area contributed by atoms with Crippen molar-refractivity contribution in [1.29, 1.82) is 0 Å². The van der Waals surface area contributed by atoms with Crippen LogP contribution in [0.15, 0.2) is 35.3 Å². The summed E-state index contributed by atoms with van der Waals surface area (Å²) in [6.07, 6.45) is 3.61. The molecule has 0 unspecified atom stereocenters. The van der Waals surface area contributed by atoms with Crippen LogP contribution in [0.5, 0.6) is 5.75 Å². The topological polar surface area (TPSA) is 131 Å². The van der Waals surface area contributed by atoms with Crippen LogP contribution in [0.3, 0.4) is 0 Å². The molecule has 1 aromatic heterocycles. The number of nitrogens with zero attached hydrogens (tertiary/aromatic N) is 3. The van der Waals surface area contributed by atoms with Gasteiger partial charge < -0.3 is 30.7 Å². The van der Waals surface area contributed by atoms with E-state index in [1.54, 1.807) is 29.2 Å². The number of ether oxygens (including phenoxy) is 2. The van der Waals surface area contributed by atoms with E-state index in [-0.39, 0.29) is 24.1 Å². The summed E-state index contributed by atoms with van der Waals surface area (Å²) in [6.45, 7) is 5.12. The number of hydrogen-bond donors (Lipinski definition) is 3. The standard InChI is InChI=1S/C24H32N6O4/c1-3-4-8-27-22-7-5-6-19(28-22)24(32)29-20-13-17(18(25)14-21(20)33-2)15-26-16-23(31)30-9-11-34-12-10-30/h5-7,13-15H,3-4,8-12,16,25H2,1-2H3,(H,27,28)(H,29,32). The largest absolute Gasteiger partial charge is 0.494 e. The van der Waals surface area contributed by atoms with Gasteiger partial charge in [0.15, 0.2) is 0 Å². The molecule has 182 valence electrons. The first-order chi connectivity index (χ1) is 16.5. The lowest BCUT2D eigenvalue weighted by Gasteiger charge is -2.26. The van der Waals surface area contributed by atoms with Crippen molar-refractivity contribution >= 4 is 35.2 Å². The van der Waals surface area contributed by atoms with Crippen molar-refractivity contribution in [2.24, 2.45) is 4.99 Å². The van der Waals surface area contributed by atoms with Crippen LogP contribution in [0.4, 0.5) is 17.2 Å². The fourth-order valence-electron chi connectivity index (χ4n) is 3.36. The lowest BCUT2D eigenvalue weighted by atomic mass is 10.1. The number of rotatable bonds is 10. The first kappa shape index (κ1) is 25.0. The number of amides is 2. The Bertz CT molecular complexity index is 1020. The van der Waals surface area contributed by atoms with E-state index in [4.69, 9.17) is 15.2 Å². The van der Waals surface area contributed by atoms with Gasteiger partial charge in [-0.25, -0.2) is 4.98 Å². The summed E-state index contributed by atoms with van der Waals surface area (Å²) in [4.78, 5) is 35.5. The summed E-state index contributed by atoms with van der Waals surface area (Å²) in [5.74, 6) is 0.596. The second-order valence-electron chi connectivity index (χ2n) is 7.79. The number of nitrogens with one attached hydrogen (secondary N) is 2. The van der Waals surface area contributed by atoms with Crippen molar-refractivity contribution in [3.8, 4) is 5.75 Å². The number of aromatic nitrogens is 1. The molecule has 2 heterocycles. The van der Waals surface area contributed by atoms with Crippen LogP contribution < -0.4 is 21.1 Å². The molecule has 0 atom stereocenters. The maximum Gasteiger partial charge on any atom is 0.274 e. The first-order valence-corrected chi connectivity index (χ1v) is 11.4. The maximum atomic E-state index is 12.9. The van der Waals surface area contributed by atoms with Gasteiger partial charge in [-0.1, -0.05) is 19.4 Å². The number of methoxy groups -OCH3 is 1. The molecule has 1 aliphatic rings. The van der Waals surface area contributed by atoms with Crippen LogP contribution in [0, 0.1) is 0 Å². The number of morpholine rings is 1. The normalized spacial score (nSPS) is 13.6. The molecule has 10 heteroatoms. The maximum absolute atomic E-state index is 12.9. The third kappa shape index (κ3) is 6.92. The van der Waals surface area contributed by atoms with Gasteiger partial charge in [0.05, 0.1) is 26.0 Å². The molecule has 1 aliphatic heterocycles. The van der Waals surface area contributed by atoms with Gasteiger partial charge in [-0.15, -0.1) is 0 Å². The molecular formula is C24H32N6O4. The van der Waals surface area contributed by atoms with E-state index < -0.39 is 0 Å². The van der Waals surface area contributed by atoms with Gasteiger partial charge in [0.2, 0.25) is 5.91 Å². The fourth-order valence-corrected chi connectivity index (χ4v) is 3.36. The number of benzene rings is 1. The Morgan fingerprint density at radius 2 is 2.09 bits per heavy atom. The van der Waals surface area contributed by atoms with Crippen LogP contribution in [0.2, 0.25) is 0 Å². The van der Waals surface area contributed by atoms with Gasteiger partial charge in [-0.2, -0.15) is 0 Å². The smallest absolute Gasteiger partial charge is 0.274 e. The second-order valence-corrected chi connectivity index (χ2v) is 7.79. The third-order valence-corrected chi connectivity index (χ3v) is 5.29. The zero-order chi connectivity index (χ0) is 24.3. The van der Waals surface area contributed by atoms with Crippen molar-refractivity contribution in [2.75, 3.05) is 62.9 Å². The Morgan fingerprint density at radius 3 is 2.82 bits per heavy atom. The predicted octanol–water partition coefficient (Wildman–Crippen LogP) is 2.41.